The van der Waals surface area contributed by atoms with Gasteiger partial charge >= 0.3 is 0 Å². The van der Waals surface area contributed by atoms with E-state index < -0.39 is 10.0 Å². The number of aryl methyl sites for hydroxylation is 1. The molecular weight excluding hydrogens is 342 g/mol. The van der Waals surface area contributed by atoms with Crippen LogP contribution in [-0.2, 0) is 14.8 Å². The minimum Gasteiger partial charge on any atom is -0.491 e. The SMILES string of the molecule is COCCOc1ccc(S(=O)(=O)Nc2cc(C)nc(C(C)C)n2)cc1. The Morgan fingerprint density at radius 2 is 1.80 bits per heavy atom. The Kier molecular flexibility index (Phi) is 6.33. The van der Waals surface area contributed by atoms with Crippen LogP contribution < -0.4 is 9.46 Å². The van der Waals surface area contributed by atoms with E-state index in [1.807, 2.05) is 13.8 Å². The Labute approximate surface area is 148 Å². The summed E-state index contributed by atoms with van der Waals surface area (Å²) in [5.41, 5.74) is 0.707. The molecule has 136 valence electrons. The number of nitrogens with zero attached hydrogens (tertiary/aromatic N) is 2. The van der Waals surface area contributed by atoms with Gasteiger partial charge in [0.15, 0.2) is 0 Å². The fraction of sp³-hybridized carbons (Fsp3) is 0.412. The number of aromatic nitrogens is 2. The molecule has 0 fully saturated rings. The van der Waals surface area contributed by atoms with Gasteiger partial charge in [0.05, 0.1) is 11.5 Å². The molecule has 8 heteroatoms. The van der Waals surface area contributed by atoms with Crippen LogP contribution in [0.5, 0.6) is 5.75 Å². The van der Waals surface area contributed by atoms with Gasteiger partial charge in [-0.1, -0.05) is 13.8 Å². The van der Waals surface area contributed by atoms with Crippen molar-refractivity contribution in [1.82, 2.24) is 9.97 Å². The second-order valence-electron chi connectivity index (χ2n) is 5.83. The lowest BCUT2D eigenvalue weighted by Crippen LogP contribution is -2.15. The van der Waals surface area contributed by atoms with Crippen molar-refractivity contribution in [3.63, 3.8) is 0 Å². The normalized spacial score (nSPS) is 11.6. The van der Waals surface area contributed by atoms with Gasteiger partial charge in [-0.2, -0.15) is 0 Å². The van der Waals surface area contributed by atoms with Gasteiger partial charge in [-0.3, -0.25) is 4.72 Å². The molecule has 0 unspecified atom stereocenters. The summed E-state index contributed by atoms with van der Waals surface area (Å²) in [6, 6.07) is 7.79. The lowest BCUT2D eigenvalue weighted by atomic mass is 10.2. The van der Waals surface area contributed by atoms with Crippen LogP contribution in [0.25, 0.3) is 0 Å². The topological polar surface area (TPSA) is 90.4 Å². The smallest absolute Gasteiger partial charge is 0.263 e. The van der Waals surface area contributed by atoms with Crippen molar-refractivity contribution in [2.45, 2.75) is 31.6 Å². The van der Waals surface area contributed by atoms with E-state index >= 15 is 0 Å². The van der Waals surface area contributed by atoms with Crippen molar-refractivity contribution in [2.75, 3.05) is 25.0 Å². The molecule has 1 aromatic carbocycles. The molecule has 0 spiro atoms. The van der Waals surface area contributed by atoms with Gasteiger partial charge < -0.3 is 9.47 Å². The fourth-order valence-corrected chi connectivity index (χ4v) is 3.05. The summed E-state index contributed by atoms with van der Waals surface area (Å²) >= 11 is 0. The molecule has 0 aliphatic heterocycles. The zero-order valence-electron chi connectivity index (χ0n) is 14.8. The molecule has 0 amide bonds. The Morgan fingerprint density at radius 1 is 1.12 bits per heavy atom. The predicted molar refractivity (Wildman–Crippen MR) is 95.5 cm³/mol. The van der Waals surface area contributed by atoms with Crippen LogP contribution in [0.1, 0.15) is 31.3 Å². The summed E-state index contributed by atoms with van der Waals surface area (Å²) in [5.74, 6) is 1.54. The summed E-state index contributed by atoms with van der Waals surface area (Å²) in [7, 11) is -2.15. The summed E-state index contributed by atoms with van der Waals surface area (Å²) in [6.45, 7) is 6.58. The number of sulfonamides is 1. The van der Waals surface area contributed by atoms with Crippen LogP contribution in [-0.4, -0.2) is 38.7 Å². The maximum absolute atomic E-state index is 12.5. The molecule has 1 N–H and O–H groups in total. The monoisotopic (exact) mass is 365 g/mol. The Bertz CT molecular complexity index is 805. The number of rotatable bonds is 8. The van der Waals surface area contributed by atoms with Crippen LogP contribution in [0.15, 0.2) is 35.2 Å². The van der Waals surface area contributed by atoms with Gasteiger partial charge in [0, 0.05) is 24.8 Å². The van der Waals surface area contributed by atoms with E-state index in [2.05, 4.69) is 14.7 Å². The molecule has 7 nitrogen and oxygen atoms in total. The third kappa shape index (κ3) is 5.40. The summed E-state index contributed by atoms with van der Waals surface area (Å²) in [5, 5.41) is 0. The molecule has 1 aromatic heterocycles. The number of nitrogens with one attached hydrogen (secondary N) is 1. The Hall–Kier alpha value is -2.19. The first-order valence-corrected chi connectivity index (χ1v) is 9.40. The number of anilines is 1. The van der Waals surface area contributed by atoms with Crippen molar-refractivity contribution in [3.05, 3.63) is 41.9 Å². The minimum absolute atomic E-state index is 0.103. The van der Waals surface area contributed by atoms with Crippen LogP contribution >= 0.6 is 0 Å². The van der Waals surface area contributed by atoms with Crippen molar-refractivity contribution < 1.29 is 17.9 Å². The second kappa shape index (κ2) is 8.26. The second-order valence-corrected chi connectivity index (χ2v) is 7.51. The molecule has 2 rings (SSSR count). The van der Waals surface area contributed by atoms with Gasteiger partial charge in [-0.15, -0.1) is 0 Å². The molecular formula is C17H23N3O4S. The first-order valence-electron chi connectivity index (χ1n) is 7.92. The van der Waals surface area contributed by atoms with Crippen molar-refractivity contribution in [2.24, 2.45) is 0 Å². The highest BCUT2D eigenvalue weighted by Crippen LogP contribution is 2.20. The molecule has 0 bridgehead atoms. The van der Waals surface area contributed by atoms with Gasteiger partial charge in [0.25, 0.3) is 10.0 Å². The van der Waals surface area contributed by atoms with E-state index in [9.17, 15) is 8.42 Å². The lowest BCUT2D eigenvalue weighted by molar-refractivity contribution is 0.146. The maximum atomic E-state index is 12.5. The van der Waals surface area contributed by atoms with E-state index in [4.69, 9.17) is 9.47 Å². The van der Waals surface area contributed by atoms with Gasteiger partial charge in [0.2, 0.25) is 0 Å². The number of methoxy groups -OCH3 is 1. The van der Waals surface area contributed by atoms with Crippen LogP contribution in [0, 0.1) is 6.92 Å². The average molecular weight is 365 g/mol. The summed E-state index contributed by atoms with van der Waals surface area (Å²) in [6.07, 6.45) is 0. The summed E-state index contributed by atoms with van der Waals surface area (Å²) in [4.78, 5) is 8.72. The number of hydrogen-bond donors (Lipinski definition) is 1. The van der Waals surface area contributed by atoms with Crippen molar-refractivity contribution in [1.29, 1.82) is 0 Å². The van der Waals surface area contributed by atoms with Crippen LogP contribution in [0.4, 0.5) is 5.82 Å². The van der Waals surface area contributed by atoms with E-state index in [1.54, 1.807) is 32.2 Å². The third-order valence-electron chi connectivity index (χ3n) is 3.32. The first kappa shape index (κ1) is 19.1. The molecule has 1 heterocycles. The van der Waals surface area contributed by atoms with Crippen molar-refractivity contribution in [3.8, 4) is 5.75 Å². The van der Waals surface area contributed by atoms with Crippen molar-refractivity contribution >= 4 is 15.8 Å². The number of ether oxygens (including phenoxy) is 2. The van der Waals surface area contributed by atoms with Gasteiger partial charge in [-0.05, 0) is 31.2 Å². The molecule has 25 heavy (non-hydrogen) atoms. The standard InChI is InChI=1S/C17H23N3O4S/c1-12(2)17-18-13(3)11-16(19-17)20-25(21,22)15-7-5-14(6-8-15)24-10-9-23-4/h5-8,11-12H,9-10H2,1-4H3,(H,18,19,20). The zero-order valence-corrected chi connectivity index (χ0v) is 15.6. The minimum atomic E-state index is -3.74. The van der Waals surface area contributed by atoms with Crippen LogP contribution in [0.3, 0.4) is 0 Å². The molecule has 0 aliphatic carbocycles. The number of benzene rings is 1. The lowest BCUT2D eigenvalue weighted by Gasteiger charge is -2.11. The molecule has 0 saturated carbocycles. The molecule has 0 saturated heterocycles. The Morgan fingerprint density at radius 3 is 2.40 bits per heavy atom. The van der Waals surface area contributed by atoms with E-state index in [-0.39, 0.29) is 16.6 Å². The van der Waals surface area contributed by atoms with E-state index in [1.165, 1.54) is 12.1 Å². The number of hydrogen-bond acceptors (Lipinski definition) is 6. The fourth-order valence-electron chi connectivity index (χ4n) is 2.06. The maximum Gasteiger partial charge on any atom is 0.263 e. The highest BCUT2D eigenvalue weighted by Gasteiger charge is 2.16. The molecule has 2 aromatic rings. The molecule has 0 atom stereocenters. The van der Waals surface area contributed by atoms with E-state index in [0.29, 0.717) is 30.5 Å². The van der Waals surface area contributed by atoms with Gasteiger partial charge in [0.1, 0.15) is 24.0 Å². The van der Waals surface area contributed by atoms with Crippen LogP contribution in [0.2, 0.25) is 0 Å². The quantitative estimate of drug-likeness (QED) is 0.724. The average Bonchev–Trinajstić information content (AvgIpc) is 2.54. The Balaban J connectivity index is 2.16. The highest BCUT2D eigenvalue weighted by molar-refractivity contribution is 7.92. The zero-order chi connectivity index (χ0) is 18.4. The molecule has 0 aliphatic rings. The first-order chi connectivity index (χ1) is 11.8. The predicted octanol–water partition coefficient (Wildman–Crippen LogP) is 2.73. The summed E-state index contributed by atoms with van der Waals surface area (Å²) < 4.78 is 37.9. The largest absolute Gasteiger partial charge is 0.491 e. The van der Waals surface area contributed by atoms with E-state index in [0.717, 1.165) is 0 Å². The molecule has 0 radical (unpaired) electrons. The highest BCUT2D eigenvalue weighted by atomic mass is 32.2. The third-order valence-corrected chi connectivity index (χ3v) is 4.69. The van der Waals surface area contributed by atoms with Gasteiger partial charge in [-0.25, -0.2) is 18.4 Å².